The van der Waals surface area contributed by atoms with Gasteiger partial charge in [-0.15, -0.1) is 0 Å². The Hall–Kier alpha value is -2.16. The molecule has 0 saturated carbocycles. The maximum Gasteiger partial charge on any atom is 0.410 e. The number of carbonyl (C=O) groups is 2. The molecule has 0 bridgehead atoms. The second kappa shape index (κ2) is 6.53. The number of nitrogens with two attached hydrogens (primary N) is 1. The molecule has 0 aromatic heterocycles. The van der Waals surface area contributed by atoms with Gasteiger partial charge in [-0.2, -0.15) is 5.06 Å². The van der Waals surface area contributed by atoms with E-state index in [9.17, 15) is 14.8 Å². The van der Waals surface area contributed by atoms with Crippen LogP contribution in [0.2, 0.25) is 0 Å². The van der Waals surface area contributed by atoms with Gasteiger partial charge in [0.2, 0.25) is 0 Å². The topological polar surface area (TPSA) is 105 Å². The summed E-state index contributed by atoms with van der Waals surface area (Å²) in [4.78, 5) is 25.7. The lowest BCUT2D eigenvalue weighted by molar-refractivity contribution is -0.188. The van der Waals surface area contributed by atoms with E-state index in [-0.39, 0.29) is 25.7 Å². The number of benzene rings is 1. The fourth-order valence-corrected chi connectivity index (χ4v) is 3.35. The molecule has 8 nitrogen and oxygen atoms in total. The third-order valence-corrected chi connectivity index (χ3v) is 4.68. The number of esters is 1. The number of hydrogen-bond donors (Lipinski definition) is 2. The van der Waals surface area contributed by atoms with Crippen LogP contribution in [0.3, 0.4) is 0 Å². The Balaban J connectivity index is 1.89. The lowest BCUT2D eigenvalue weighted by Crippen LogP contribution is -2.59. The molecule has 1 fully saturated rings. The van der Waals surface area contributed by atoms with Crippen LogP contribution in [0.4, 0.5) is 4.79 Å². The largest absolute Gasteiger partial charge is 0.457 e. The number of piperazine rings is 1. The molecule has 3 N–H and O–H groups in total. The highest BCUT2D eigenvalue weighted by Gasteiger charge is 2.38. The number of carbonyl (C=O) groups excluding carboxylic acids is 2. The molecule has 1 amide bonds. The smallest absolute Gasteiger partial charge is 0.410 e. The van der Waals surface area contributed by atoms with Crippen molar-refractivity contribution in [3.8, 4) is 0 Å². The van der Waals surface area contributed by atoms with Gasteiger partial charge in [-0.3, -0.25) is 0 Å². The van der Waals surface area contributed by atoms with Gasteiger partial charge in [-0.05, 0) is 44.9 Å². The summed E-state index contributed by atoms with van der Waals surface area (Å²) < 4.78 is 10.5. The van der Waals surface area contributed by atoms with Crippen LogP contribution in [-0.4, -0.2) is 52.1 Å². The number of cyclic esters (lactones) is 1. The predicted molar refractivity (Wildman–Crippen MR) is 92.4 cm³/mol. The van der Waals surface area contributed by atoms with Gasteiger partial charge in [0, 0.05) is 12.1 Å². The second-order valence-electron chi connectivity index (χ2n) is 7.73. The van der Waals surface area contributed by atoms with Gasteiger partial charge in [0.05, 0.1) is 18.2 Å². The molecule has 0 unspecified atom stereocenters. The zero-order chi connectivity index (χ0) is 19.2. The maximum atomic E-state index is 12.4. The van der Waals surface area contributed by atoms with E-state index in [1.807, 2.05) is 6.92 Å². The Labute approximate surface area is 152 Å². The minimum absolute atomic E-state index is 0.160. The molecule has 2 atom stereocenters. The van der Waals surface area contributed by atoms with Crippen molar-refractivity contribution < 1.29 is 24.3 Å². The summed E-state index contributed by atoms with van der Waals surface area (Å²) in [5, 5.41) is 11.5. The minimum atomic E-state index is -0.744. The van der Waals surface area contributed by atoms with Crippen molar-refractivity contribution >= 4 is 12.1 Å². The summed E-state index contributed by atoms with van der Waals surface area (Å²) in [6.45, 7) is 7.88. The molecule has 2 aliphatic rings. The van der Waals surface area contributed by atoms with E-state index < -0.39 is 23.9 Å². The molecule has 0 radical (unpaired) electrons. The van der Waals surface area contributed by atoms with Crippen LogP contribution in [0.15, 0.2) is 12.1 Å². The van der Waals surface area contributed by atoms with Gasteiger partial charge in [0.15, 0.2) is 0 Å². The van der Waals surface area contributed by atoms with Gasteiger partial charge in [0.25, 0.3) is 0 Å². The van der Waals surface area contributed by atoms with Gasteiger partial charge in [-0.1, -0.05) is 6.07 Å². The molecule has 3 rings (SSSR count). The summed E-state index contributed by atoms with van der Waals surface area (Å²) in [5.74, 6) is -0.341. The van der Waals surface area contributed by atoms with Crippen LogP contribution >= 0.6 is 0 Å². The highest BCUT2D eigenvalue weighted by atomic mass is 16.6. The molecule has 2 aliphatic heterocycles. The molecule has 142 valence electrons. The number of fused-ring (bicyclic) bond motifs is 1. The number of amides is 1. The first-order valence-corrected chi connectivity index (χ1v) is 8.58. The van der Waals surface area contributed by atoms with Crippen LogP contribution in [0, 0.1) is 6.92 Å². The fraction of sp³-hybridized carbons (Fsp3) is 0.556. The van der Waals surface area contributed by atoms with Crippen molar-refractivity contribution in [3.63, 3.8) is 0 Å². The summed E-state index contributed by atoms with van der Waals surface area (Å²) in [6.07, 6.45) is -1.21. The molecule has 1 aromatic carbocycles. The van der Waals surface area contributed by atoms with E-state index in [0.717, 1.165) is 21.8 Å². The van der Waals surface area contributed by atoms with Gasteiger partial charge >= 0.3 is 12.1 Å². The Morgan fingerprint density at radius 1 is 1.35 bits per heavy atom. The van der Waals surface area contributed by atoms with Crippen molar-refractivity contribution in [1.82, 2.24) is 9.96 Å². The molecular weight excluding hydrogens is 338 g/mol. The minimum Gasteiger partial charge on any atom is -0.457 e. The first kappa shape index (κ1) is 18.6. The zero-order valence-electron chi connectivity index (χ0n) is 15.5. The number of nitrogens with zero attached hydrogens (tertiary/aromatic N) is 2. The molecule has 26 heavy (non-hydrogen) atoms. The Kier molecular flexibility index (Phi) is 4.68. The fourth-order valence-electron chi connectivity index (χ4n) is 3.35. The summed E-state index contributed by atoms with van der Waals surface area (Å²) in [7, 11) is 0. The number of hydroxylamine groups is 2. The summed E-state index contributed by atoms with van der Waals surface area (Å²) >= 11 is 0. The number of rotatable bonds is 1. The molecule has 0 aliphatic carbocycles. The van der Waals surface area contributed by atoms with Crippen LogP contribution < -0.4 is 5.73 Å². The van der Waals surface area contributed by atoms with Crippen molar-refractivity contribution in [2.24, 2.45) is 5.73 Å². The normalized spacial score (nSPS) is 23.6. The van der Waals surface area contributed by atoms with Crippen LogP contribution in [0.25, 0.3) is 0 Å². The van der Waals surface area contributed by atoms with E-state index in [1.54, 1.807) is 32.9 Å². The number of ether oxygens (including phenoxy) is 2. The molecule has 1 saturated heterocycles. The monoisotopic (exact) mass is 363 g/mol. The maximum absolute atomic E-state index is 12.4. The van der Waals surface area contributed by atoms with Gasteiger partial charge < -0.3 is 25.3 Å². The molecule has 0 spiro atoms. The van der Waals surface area contributed by atoms with E-state index in [1.165, 1.54) is 4.90 Å². The first-order chi connectivity index (χ1) is 12.1. The average molecular weight is 363 g/mol. The molecule has 8 heteroatoms. The van der Waals surface area contributed by atoms with E-state index >= 15 is 0 Å². The lowest BCUT2D eigenvalue weighted by atomic mass is 9.92. The zero-order valence-corrected chi connectivity index (χ0v) is 15.5. The Morgan fingerprint density at radius 2 is 2.04 bits per heavy atom. The van der Waals surface area contributed by atoms with Crippen LogP contribution in [-0.2, 0) is 16.1 Å². The van der Waals surface area contributed by atoms with Gasteiger partial charge in [0.1, 0.15) is 18.4 Å². The lowest BCUT2D eigenvalue weighted by Gasteiger charge is -2.42. The molecule has 1 aromatic rings. The third-order valence-electron chi connectivity index (χ3n) is 4.68. The van der Waals surface area contributed by atoms with Crippen molar-refractivity contribution in [2.75, 3.05) is 13.1 Å². The van der Waals surface area contributed by atoms with Crippen molar-refractivity contribution in [1.29, 1.82) is 0 Å². The Bertz CT molecular complexity index is 743. The second-order valence-corrected chi connectivity index (χ2v) is 7.73. The van der Waals surface area contributed by atoms with Crippen LogP contribution in [0.5, 0.6) is 0 Å². The first-order valence-electron chi connectivity index (χ1n) is 8.58. The van der Waals surface area contributed by atoms with E-state index in [4.69, 9.17) is 15.2 Å². The van der Waals surface area contributed by atoms with Gasteiger partial charge in [-0.25, -0.2) is 9.59 Å². The molecular formula is C18H25N3O5. The molecule has 2 heterocycles. The predicted octanol–water partition coefficient (Wildman–Crippen LogP) is 1.93. The SMILES string of the molecule is Cc1c([C@@H]2CN(C(=O)OC(C)(C)C)C[C@H](N)N2O)ccc2c1COC2=O. The average Bonchev–Trinajstić information content (AvgIpc) is 2.91. The number of hydrogen-bond acceptors (Lipinski definition) is 7. The van der Waals surface area contributed by atoms with E-state index in [0.29, 0.717) is 5.56 Å². The third kappa shape index (κ3) is 3.40. The van der Waals surface area contributed by atoms with Crippen molar-refractivity contribution in [3.05, 3.63) is 34.4 Å². The van der Waals surface area contributed by atoms with Crippen molar-refractivity contribution in [2.45, 2.75) is 52.1 Å². The summed E-state index contributed by atoms with van der Waals surface area (Å²) in [5.41, 5.74) is 8.42. The highest BCUT2D eigenvalue weighted by Crippen LogP contribution is 2.33. The summed E-state index contributed by atoms with van der Waals surface area (Å²) in [6, 6.07) is 2.95. The Morgan fingerprint density at radius 3 is 2.69 bits per heavy atom. The van der Waals surface area contributed by atoms with E-state index in [2.05, 4.69) is 0 Å². The quantitative estimate of drug-likeness (QED) is 0.735. The highest BCUT2D eigenvalue weighted by molar-refractivity contribution is 5.94. The van der Waals surface area contributed by atoms with Crippen LogP contribution in [0.1, 0.15) is 53.9 Å². The standard InChI is InChI=1S/C18H25N3O5/c1-10-11(5-6-12-13(10)9-25-16(12)22)14-7-20(8-15(19)21(14)24)17(23)26-18(2,3)4/h5-6,14-15,24H,7-9,19H2,1-4H3/t14-,15+/m0/s1.